The molecule has 6 heteroatoms. The van der Waals surface area contributed by atoms with Crippen LogP contribution in [0.4, 0.5) is 0 Å². The number of carbonyl (C=O) groups excluding carboxylic acids is 1. The fourth-order valence-electron chi connectivity index (χ4n) is 1.75. The Bertz CT molecular complexity index is 557. The average Bonchev–Trinajstić information content (AvgIpc) is 2.85. The summed E-state index contributed by atoms with van der Waals surface area (Å²) in [6, 6.07) is 2.02. The average molecular weight is 329 g/mol. The Morgan fingerprint density at radius 3 is 2.78 bits per heavy atom. The van der Waals surface area contributed by atoms with Gasteiger partial charge in [0.2, 0.25) is 0 Å². The molecule has 0 unspecified atom stereocenters. The van der Waals surface area contributed by atoms with Crippen molar-refractivity contribution in [1.82, 2.24) is 10.1 Å². The lowest BCUT2D eigenvalue weighted by Gasteiger charge is -2.16. The normalized spacial score (nSPS) is 10.7. The Morgan fingerprint density at radius 1 is 1.56 bits per heavy atom. The highest BCUT2D eigenvalue weighted by molar-refractivity contribution is 9.11. The number of hydrogen-bond acceptors (Lipinski definition) is 4. The molecule has 2 aromatic heterocycles. The summed E-state index contributed by atoms with van der Waals surface area (Å²) in [5.74, 6) is 0.504. The van der Waals surface area contributed by atoms with Crippen molar-refractivity contribution >= 4 is 33.2 Å². The Morgan fingerprint density at radius 2 is 2.28 bits per heavy atom. The highest BCUT2D eigenvalue weighted by atomic mass is 79.9. The van der Waals surface area contributed by atoms with Crippen LogP contribution in [0.3, 0.4) is 0 Å². The summed E-state index contributed by atoms with van der Waals surface area (Å²) in [6.07, 6.45) is 0. The molecule has 0 saturated carbocycles. The maximum atomic E-state index is 12.3. The molecular weight excluding hydrogens is 316 g/mol. The Labute approximate surface area is 118 Å². The van der Waals surface area contributed by atoms with Gasteiger partial charge in [0.25, 0.3) is 5.91 Å². The summed E-state index contributed by atoms with van der Waals surface area (Å²) >= 11 is 5.02. The van der Waals surface area contributed by atoms with Gasteiger partial charge in [-0.2, -0.15) is 0 Å². The maximum Gasteiger partial charge on any atom is 0.259 e. The van der Waals surface area contributed by atoms with E-state index in [0.717, 1.165) is 9.35 Å². The molecule has 1 amide bonds. The van der Waals surface area contributed by atoms with Crippen LogP contribution in [0, 0.1) is 13.8 Å². The van der Waals surface area contributed by atoms with Gasteiger partial charge in [-0.15, -0.1) is 11.3 Å². The van der Waals surface area contributed by atoms with Gasteiger partial charge in [0.15, 0.2) is 0 Å². The molecule has 4 nitrogen and oxygen atoms in total. The topological polar surface area (TPSA) is 46.3 Å². The quantitative estimate of drug-likeness (QED) is 0.867. The van der Waals surface area contributed by atoms with Gasteiger partial charge in [-0.25, -0.2) is 0 Å². The molecule has 0 aliphatic rings. The summed E-state index contributed by atoms with van der Waals surface area (Å²) in [5.41, 5.74) is 2.30. The number of aromatic nitrogens is 1. The van der Waals surface area contributed by atoms with Crippen LogP contribution in [0.1, 0.15) is 27.4 Å². The van der Waals surface area contributed by atoms with Crippen LogP contribution < -0.4 is 0 Å². The maximum absolute atomic E-state index is 12.3. The molecule has 0 saturated heterocycles. The van der Waals surface area contributed by atoms with E-state index in [9.17, 15) is 4.79 Å². The number of rotatable bonds is 3. The van der Waals surface area contributed by atoms with Crippen LogP contribution in [-0.2, 0) is 6.54 Å². The molecule has 0 aliphatic heterocycles. The van der Waals surface area contributed by atoms with E-state index < -0.39 is 0 Å². The zero-order valence-electron chi connectivity index (χ0n) is 10.4. The number of thiophene rings is 1. The molecule has 18 heavy (non-hydrogen) atoms. The fraction of sp³-hybridized carbons (Fsp3) is 0.333. The van der Waals surface area contributed by atoms with E-state index >= 15 is 0 Å². The van der Waals surface area contributed by atoms with Gasteiger partial charge in [-0.3, -0.25) is 4.79 Å². The van der Waals surface area contributed by atoms with Crippen molar-refractivity contribution in [2.75, 3.05) is 7.05 Å². The minimum Gasteiger partial charge on any atom is -0.361 e. The minimum atomic E-state index is -0.0615. The summed E-state index contributed by atoms with van der Waals surface area (Å²) in [4.78, 5) is 13.9. The predicted molar refractivity (Wildman–Crippen MR) is 73.8 cm³/mol. The third-order valence-corrected chi connectivity index (χ3v) is 4.19. The zero-order chi connectivity index (χ0) is 13.3. The van der Waals surface area contributed by atoms with E-state index in [0.29, 0.717) is 23.6 Å². The number of hydrogen-bond donors (Lipinski definition) is 0. The van der Waals surface area contributed by atoms with E-state index in [1.807, 2.05) is 11.4 Å². The molecule has 96 valence electrons. The number of amides is 1. The van der Waals surface area contributed by atoms with Gasteiger partial charge in [0.05, 0.1) is 9.48 Å². The second kappa shape index (κ2) is 5.24. The summed E-state index contributed by atoms with van der Waals surface area (Å²) < 4.78 is 6.08. The molecule has 0 N–H and O–H groups in total. The van der Waals surface area contributed by atoms with Crippen molar-refractivity contribution in [3.8, 4) is 0 Å². The monoisotopic (exact) mass is 328 g/mol. The van der Waals surface area contributed by atoms with Gasteiger partial charge < -0.3 is 9.42 Å². The first-order chi connectivity index (χ1) is 8.49. The van der Waals surface area contributed by atoms with Gasteiger partial charge >= 0.3 is 0 Å². The Kier molecular flexibility index (Phi) is 3.87. The van der Waals surface area contributed by atoms with E-state index in [-0.39, 0.29) is 5.91 Å². The molecule has 0 aliphatic carbocycles. The molecular formula is C12H13BrN2O2S. The lowest BCUT2D eigenvalue weighted by molar-refractivity contribution is 0.0783. The van der Waals surface area contributed by atoms with Crippen molar-refractivity contribution in [3.63, 3.8) is 0 Å². The number of aryl methyl sites for hydroxylation is 2. The van der Waals surface area contributed by atoms with Crippen LogP contribution in [0.5, 0.6) is 0 Å². The van der Waals surface area contributed by atoms with Crippen molar-refractivity contribution < 1.29 is 9.32 Å². The van der Waals surface area contributed by atoms with E-state index in [2.05, 4.69) is 21.1 Å². The first-order valence-corrected chi connectivity index (χ1v) is 7.07. The number of halogens is 1. The standard InChI is InChI=1S/C12H13BrN2O2S/c1-7-11(8(2)17-14-7)12(16)15(3)5-9-4-10(13)18-6-9/h4,6H,5H2,1-3H3. The second-order valence-corrected chi connectivity index (χ2v) is 6.41. The molecule has 2 heterocycles. The summed E-state index contributed by atoms with van der Waals surface area (Å²) in [7, 11) is 1.78. The van der Waals surface area contributed by atoms with E-state index in [4.69, 9.17) is 4.52 Å². The van der Waals surface area contributed by atoms with Gasteiger partial charge in [-0.05, 0) is 46.8 Å². The Balaban J connectivity index is 2.14. The third kappa shape index (κ3) is 2.64. The first-order valence-electron chi connectivity index (χ1n) is 5.40. The molecule has 2 rings (SSSR count). The zero-order valence-corrected chi connectivity index (χ0v) is 12.8. The van der Waals surface area contributed by atoms with Crippen LogP contribution in [0.25, 0.3) is 0 Å². The molecule has 2 aromatic rings. The first kappa shape index (κ1) is 13.3. The van der Waals surface area contributed by atoms with E-state index in [1.54, 1.807) is 37.1 Å². The largest absolute Gasteiger partial charge is 0.361 e. The van der Waals surface area contributed by atoms with Crippen LogP contribution >= 0.6 is 27.3 Å². The smallest absolute Gasteiger partial charge is 0.259 e. The van der Waals surface area contributed by atoms with Crippen molar-refractivity contribution in [3.05, 3.63) is 37.8 Å². The van der Waals surface area contributed by atoms with E-state index in [1.165, 1.54) is 0 Å². The SMILES string of the molecule is Cc1noc(C)c1C(=O)N(C)Cc1csc(Br)c1. The van der Waals surface area contributed by atoms with Crippen molar-refractivity contribution in [2.24, 2.45) is 0 Å². The number of carbonyl (C=O) groups is 1. The van der Waals surface area contributed by atoms with Crippen LogP contribution in [0.15, 0.2) is 19.8 Å². The lowest BCUT2D eigenvalue weighted by atomic mass is 10.1. The molecule has 0 spiro atoms. The lowest BCUT2D eigenvalue weighted by Crippen LogP contribution is -2.26. The summed E-state index contributed by atoms with van der Waals surface area (Å²) in [6.45, 7) is 4.10. The highest BCUT2D eigenvalue weighted by Crippen LogP contribution is 2.22. The van der Waals surface area contributed by atoms with Crippen LogP contribution in [0.2, 0.25) is 0 Å². The Hall–Kier alpha value is -1.14. The second-order valence-electron chi connectivity index (χ2n) is 4.12. The van der Waals surface area contributed by atoms with Crippen molar-refractivity contribution in [1.29, 1.82) is 0 Å². The predicted octanol–water partition coefficient (Wildman–Crippen LogP) is 3.39. The van der Waals surface area contributed by atoms with Crippen molar-refractivity contribution in [2.45, 2.75) is 20.4 Å². The minimum absolute atomic E-state index is 0.0615. The third-order valence-electron chi connectivity index (χ3n) is 2.64. The molecule has 0 radical (unpaired) electrons. The summed E-state index contributed by atoms with van der Waals surface area (Å²) in [5, 5.41) is 5.83. The van der Waals surface area contributed by atoms with Gasteiger partial charge in [-0.1, -0.05) is 5.16 Å². The molecule has 0 bridgehead atoms. The van der Waals surface area contributed by atoms with Crippen LogP contribution in [-0.4, -0.2) is 23.0 Å². The molecule has 0 aromatic carbocycles. The molecule has 0 atom stereocenters. The highest BCUT2D eigenvalue weighted by Gasteiger charge is 2.21. The van der Waals surface area contributed by atoms with Gasteiger partial charge in [0, 0.05) is 13.6 Å². The molecule has 0 fully saturated rings. The number of nitrogens with zero attached hydrogens (tertiary/aromatic N) is 2. The van der Waals surface area contributed by atoms with Gasteiger partial charge in [0.1, 0.15) is 11.3 Å². The fourth-order valence-corrected chi connectivity index (χ4v) is 2.95.